The van der Waals surface area contributed by atoms with Crippen LogP contribution in [0.4, 0.5) is 9.59 Å². The van der Waals surface area contributed by atoms with Crippen LogP contribution >= 0.6 is 0 Å². The van der Waals surface area contributed by atoms with Gasteiger partial charge in [0.25, 0.3) is 5.91 Å². The van der Waals surface area contributed by atoms with Crippen LogP contribution in [0.25, 0.3) is 0 Å². The molecule has 4 heterocycles. The Morgan fingerprint density at radius 2 is 1.80 bits per heavy atom. The minimum atomic E-state index is -3.94. The summed E-state index contributed by atoms with van der Waals surface area (Å²) in [5, 5.41) is 5.57. The highest BCUT2D eigenvalue weighted by atomic mass is 32.2. The minimum absolute atomic E-state index is 0.0648. The standard InChI is InChI=1S/C39H55N5O9S/c1-25-13-9-10-14-26-15-12-16-27-21-43(23-30(26)27)37(49)53-29-19-31(44(22-29)34(46)32(38(2,3)4)40-36(48)52-24-25)33(45)41-39-20-28(39)17-8-6-5-7-11-18-54(50,51)42-35(39)47/h8,12,15-17,25,28-29,31-32H,5-7,9-11,13-14,18-24H2,1-4H3,(H,40,48)(H,41,45)(H,42,47)/t25-,28+,29+,31-,32+,39+/m0/s1. The molecule has 2 fully saturated rings. The van der Waals surface area contributed by atoms with Crippen LogP contribution in [0.3, 0.4) is 0 Å². The fraction of sp³-hybridized carbons (Fsp3) is 0.667. The highest BCUT2D eigenvalue weighted by Crippen LogP contribution is 2.46. The second-order valence-corrected chi connectivity index (χ2v) is 18.7. The highest BCUT2D eigenvalue weighted by molar-refractivity contribution is 7.90. The molecule has 1 saturated carbocycles. The number of alkyl carbamates (subject to hydrolysis) is 1. The molecule has 296 valence electrons. The number of fused-ring (bicyclic) bond motifs is 4. The topological polar surface area (TPSA) is 181 Å². The lowest BCUT2D eigenvalue weighted by Crippen LogP contribution is -2.60. The monoisotopic (exact) mass is 769 g/mol. The average Bonchev–Trinajstić information content (AvgIpc) is 3.40. The fourth-order valence-corrected chi connectivity index (χ4v) is 9.24. The Bertz CT molecular complexity index is 1770. The molecular weight excluding hydrogens is 715 g/mol. The van der Waals surface area contributed by atoms with Gasteiger partial charge in [0.2, 0.25) is 21.8 Å². The van der Waals surface area contributed by atoms with Crippen molar-refractivity contribution in [2.75, 3.05) is 18.9 Å². The van der Waals surface area contributed by atoms with Crippen molar-refractivity contribution in [1.82, 2.24) is 25.2 Å². The first-order chi connectivity index (χ1) is 25.6. The number of sulfonamides is 1. The molecule has 0 spiro atoms. The molecule has 1 aromatic rings. The van der Waals surface area contributed by atoms with Crippen molar-refractivity contribution >= 4 is 39.9 Å². The SMILES string of the molecule is C[C@H]1CCCCc2cccc3c2CN(C3)C(=O)O[C@@H]2C[C@@H](C(=O)N[C@]34C[C@H]3C=CCCCCCS(=O)(=O)NC4=O)N(C2)C(=O)[C@H](C(C)(C)C)NC(=O)OC1. The van der Waals surface area contributed by atoms with E-state index in [-0.39, 0.29) is 37.7 Å². The largest absolute Gasteiger partial charge is 0.449 e. The normalized spacial score (nSPS) is 31.1. The van der Waals surface area contributed by atoms with Crippen molar-refractivity contribution < 1.29 is 41.9 Å². The number of carbonyl (C=O) groups excluding carboxylic acids is 5. The first-order valence-corrected chi connectivity index (χ1v) is 21.0. The van der Waals surface area contributed by atoms with Gasteiger partial charge in [-0.25, -0.2) is 18.0 Å². The van der Waals surface area contributed by atoms with E-state index >= 15 is 0 Å². The quantitative estimate of drug-likeness (QED) is 0.374. The number of nitrogens with one attached hydrogen (secondary N) is 3. The number of nitrogens with zero attached hydrogens (tertiary/aromatic N) is 2. The number of cyclic esters (lactones) is 1. The first kappa shape index (κ1) is 39.6. The van der Waals surface area contributed by atoms with Crippen molar-refractivity contribution in [3.8, 4) is 0 Å². The molecule has 0 radical (unpaired) electrons. The van der Waals surface area contributed by atoms with Gasteiger partial charge in [-0.15, -0.1) is 0 Å². The summed E-state index contributed by atoms with van der Waals surface area (Å²) in [6.45, 7) is 8.18. The average molecular weight is 770 g/mol. The van der Waals surface area contributed by atoms with Crippen molar-refractivity contribution in [3.63, 3.8) is 0 Å². The van der Waals surface area contributed by atoms with E-state index in [9.17, 15) is 32.4 Å². The van der Waals surface area contributed by atoms with Crippen LogP contribution in [0.5, 0.6) is 0 Å². The number of hydrogen-bond acceptors (Lipinski definition) is 9. The summed E-state index contributed by atoms with van der Waals surface area (Å²) >= 11 is 0. The molecule has 0 aromatic heterocycles. The van der Waals surface area contributed by atoms with E-state index in [0.29, 0.717) is 32.4 Å². The predicted octanol–water partition coefficient (Wildman–Crippen LogP) is 4.06. The van der Waals surface area contributed by atoms with Crippen LogP contribution in [0, 0.1) is 17.3 Å². The molecule has 0 unspecified atom stereocenters. The van der Waals surface area contributed by atoms with Crippen LogP contribution < -0.4 is 15.4 Å². The number of amides is 5. The number of hydrogen-bond donors (Lipinski definition) is 3. The van der Waals surface area contributed by atoms with Crippen LogP contribution in [0.2, 0.25) is 0 Å². The Hall–Kier alpha value is -4.14. The van der Waals surface area contributed by atoms with Gasteiger partial charge in [-0.05, 0) is 73.0 Å². The fourth-order valence-electron chi connectivity index (χ4n) is 8.09. The summed E-state index contributed by atoms with van der Waals surface area (Å²) in [4.78, 5) is 72.2. The zero-order chi connectivity index (χ0) is 38.8. The molecule has 4 bridgehead atoms. The Kier molecular flexibility index (Phi) is 11.7. The zero-order valence-electron chi connectivity index (χ0n) is 31.9. The summed E-state index contributed by atoms with van der Waals surface area (Å²) in [6, 6.07) is 3.79. The highest BCUT2D eigenvalue weighted by Gasteiger charge is 2.62. The van der Waals surface area contributed by atoms with E-state index in [1.807, 2.05) is 31.2 Å². The van der Waals surface area contributed by atoms with Gasteiger partial charge in [-0.1, -0.05) is 70.9 Å². The van der Waals surface area contributed by atoms with Gasteiger partial charge in [0.1, 0.15) is 23.7 Å². The minimum Gasteiger partial charge on any atom is -0.449 e. The molecule has 14 nitrogen and oxygen atoms in total. The summed E-state index contributed by atoms with van der Waals surface area (Å²) in [6.07, 6.45) is 7.89. The smallest absolute Gasteiger partial charge is 0.410 e. The van der Waals surface area contributed by atoms with Crippen molar-refractivity contribution in [2.24, 2.45) is 17.3 Å². The zero-order valence-corrected chi connectivity index (χ0v) is 32.7. The third kappa shape index (κ3) is 9.03. The van der Waals surface area contributed by atoms with Crippen molar-refractivity contribution in [3.05, 3.63) is 47.0 Å². The molecule has 1 aromatic carbocycles. The van der Waals surface area contributed by atoms with E-state index in [1.165, 1.54) is 10.5 Å². The predicted molar refractivity (Wildman–Crippen MR) is 199 cm³/mol. The lowest BCUT2D eigenvalue weighted by molar-refractivity contribution is -0.143. The second-order valence-electron chi connectivity index (χ2n) is 16.9. The maximum absolute atomic E-state index is 14.5. The molecular formula is C39H55N5O9S. The van der Waals surface area contributed by atoms with Gasteiger partial charge in [-0.2, -0.15) is 0 Å². The molecule has 5 aliphatic rings. The van der Waals surface area contributed by atoms with E-state index < -0.39 is 75.0 Å². The van der Waals surface area contributed by atoms with E-state index in [4.69, 9.17) is 9.47 Å². The van der Waals surface area contributed by atoms with E-state index in [0.717, 1.165) is 43.2 Å². The second kappa shape index (κ2) is 15.9. The van der Waals surface area contributed by atoms with Crippen molar-refractivity contribution in [2.45, 2.75) is 129 Å². The molecule has 6 atom stereocenters. The van der Waals surface area contributed by atoms with E-state index in [1.54, 1.807) is 25.7 Å². The van der Waals surface area contributed by atoms with Gasteiger partial charge >= 0.3 is 12.2 Å². The number of rotatable bonds is 2. The molecule has 3 N–H and O–H groups in total. The first-order valence-electron chi connectivity index (χ1n) is 19.4. The molecule has 15 heteroatoms. The Balaban J connectivity index is 1.28. The maximum Gasteiger partial charge on any atom is 0.410 e. The summed E-state index contributed by atoms with van der Waals surface area (Å²) in [7, 11) is -3.94. The van der Waals surface area contributed by atoms with Gasteiger partial charge in [0, 0.05) is 25.4 Å². The molecule has 54 heavy (non-hydrogen) atoms. The molecule has 5 amide bonds. The number of allylic oxidation sites excluding steroid dienone is 1. The van der Waals surface area contributed by atoms with Gasteiger partial charge in [-0.3, -0.25) is 24.0 Å². The van der Waals surface area contributed by atoms with Crippen LogP contribution in [0.15, 0.2) is 30.4 Å². The third-order valence-electron chi connectivity index (χ3n) is 11.4. The van der Waals surface area contributed by atoms with Gasteiger partial charge in [0.05, 0.1) is 18.9 Å². The third-order valence-corrected chi connectivity index (χ3v) is 12.7. The lowest BCUT2D eigenvalue weighted by atomic mass is 9.85. The molecule has 1 aliphatic carbocycles. The summed E-state index contributed by atoms with van der Waals surface area (Å²) in [5.74, 6) is -2.65. The number of carbonyl (C=O) groups is 5. The molecule has 6 rings (SSSR count). The summed E-state index contributed by atoms with van der Waals surface area (Å²) < 4.78 is 39.4. The Morgan fingerprint density at radius 3 is 2.57 bits per heavy atom. The van der Waals surface area contributed by atoms with Crippen molar-refractivity contribution in [1.29, 1.82) is 0 Å². The van der Waals surface area contributed by atoms with Gasteiger partial charge < -0.3 is 25.0 Å². The van der Waals surface area contributed by atoms with Crippen LogP contribution in [0.1, 0.15) is 102 Å². The maximum atomic E-state index is 14.5. The summed E-state index contributed by atoms with van der Waals surface area (Å²) in [5.41, 5.74) is 0.989. The number of ether oxygens (including phenoxy) is 2. The van der Waals surface area contributed by atoms with E-state index in [2.05, 4.69) is 21.4 Å². The van der Waals surface area contributed by atoms with Crippen LogP contribution in [-0.2, 0) is 53.4 Å². The van der Waals surface area contributed by atoms with Gasteiger partial charge in [0.15, 0.2) is 0 Å². The Labute approximate surface area is 318 Å². The number of benzene rings is 1. The molecule has 1 saturated heterocycles. The van der Waals surface area contributed by atoms with Crippen LogP contribution in [-0.4, -0.2) is 90.8 Å². The lowest BCUT2D eigenvalue weighted by Gasteiger charge is -2.35. The molecule has 4 aliphatic heterocycles. The Morgan fingerprint density at radius 1 is 1.02 bits per heavy atom. The number of aryl methyl sites for hydroxylation is 1.